The van der Waals surface area contributed by atoms with Crippen molar-refractivity contribution in [2.24, 2.45) is 0 Å². The van der Waals surface area contributed by atoms with Crippen LogP contribution in [0.5, 0.6) is 0 Å². The summed E-state index contributed by atoms with van der Waals surface area (Å²) in [5.74, 6) is -0.818. The van der Waals surface area contributed by atoms with Gasteiger partial charge < -0.3 is 10.4 Å². The third-order valence-electron chi connectivity index (χ3n) is 2.99. The summed E-state index contributed by atoms with van der Waals surface area (Å²) >= 11 is 0. The van der Waals surface area contributed by atoms with E-state index >= 15 is 0 Å². The number of nitrogens with one attached hydrogen (secondary N) is 1. The number of hydrogen-bond donors (Lipinski definition) is 2. The molecule has 0 heterocycles. The van der Waals surface area contributed by atoms with Crippen molar-refractivity contribution in [1.29, 1.82) is 0 Å². The van der Waals surface area contributed by atoms with Crippen molar-refractivity contribution in [2.75, 3.05) is 0 Å². The Labute approximate surface area is 95.5 Å². The normalized spacial score (nSPS) is 18.8. The highest BCUT2D eigenvalue weighted by Gasteiger charge is 2.25. The van der Waals surface area contributed by atoms with Crippen molar-refractivity contribution in [3.63, 3.8) is 0 Å². The van der Waals surface area contributed by atoms with Crippen LogP contribution in [0.4, 0.5) is 0 Å². The van der Waals surface area contributed by atoms with Gasteiger partial charge >= 0.3 is 5.97 Å². The van der Waals surface area contributed by atoms with Gasteiger partial charge in [-0.25, -0.2) is 4.79 Å². The van der Waals surface area contributed by atoms with Gasteiger partial charge in [-0.3, -0.25) is 0 Å². The van der Waals surface area contributed by atoms with E-state index < -0.39 is 5.97 Å². The second-order valence-corrected chi connectivity index (χ2v) is 4.67. The second-order valence-electron chi connectivity index (χ2n) is 4.67. The fraction of sp³-hybridized carbons (Fsp3) is 0.462. The van der Waals surface area contributed by atoms with E-state index in [4.69, 9.17) is 5.11 Å². The molecule has 86 valence electrons. The predicted octanol–water partition coefficient (Wildman–Crippen LogP) is 1.85. The Bertz CT molecular complexity index is 412. The highest BCUT2D eigenvalue weighted by atomic mass is 16.4. The molecule has 0 amide bonds. The van der Waals surface area contributed by atoms with Gasteiger partial charge in [0.25, 0.3) is 0 Å². The molecule has 0 radical (unpaired) electrons. The zero-order valence-corrected chi connectivity index (χ0v) is 9.66. The van der Waals surface area contributed by atoms with Crippen LogP contribution in [0.2, 0.25) is 0 Å². The van der Waals surface area contributed by atoms with Crippen LogP contribution in [-0.2, 0) is 12.8 Å². The van der Waals surface area contributed by atoms with E-state index in [9.17, 15) is 4.79 Å². The summed E-state index contributed by atoms with van der Waals surface area (Å²) < 4.78 is 0. The first-order valence-electron chi connectivity index (χ1n) is 5.68. The van der Waals surface area contributed by atoms with Crippen molar-refractivity contribution >= 4 is 5.97 Å². The molecule has 0 aliphatic heterocycles. The third kappa shape index (κ3) is 2.09. The monoisotopic (exact) mass is 219 g/mol. The van der Waals surface area contributed by atoms with Gasteiger partial charge in [0.1, 0.15) is 0 Å². The Morgan fingerprint density at radius 3 is 2.81 bits per heavy atom. The summed E-state index contributed by atoms with van der Waals surface area (Å²) in [5, 5.41) is 12.6. The molecule has 0 saturated heterocycles. The Morgan fingerprint density at radius 2 is 2.19 bits per heavy atom. The molecule has 2 N–H and O–H groups in total. The lowest BCUT2D eigenvalue weighted by Crippen LogP contribution is -2.35. The summed E-state index contributed by atoms with van der Waals surface area (Å²) in [6, 6.07) is 6.38. The maximum atomic E-state index is 11.1. The molecule has 0 spiro atoms. The van der Waals surface area contributed by atoms with Gasteiger partial charge in [0, 0.05) is 12.1 Å². The lowest BCUT2D eigenvalue weighted by molar-refractivity contribution is 0.0695. The first-order chi connectivity index (χ1) is 7.58. The molecule has 1 aromatic rings. The molecule has 0 fully saturated rings. The molecule has 3 nitrogen and oxygen atoms in total. The molecular formula is C13H17NO2. The van der Waals surface area contributed by atoms with E-state index in [0.717, 1.165) is 18.4 Å². The van der Waals surface area contributed by atoms with Crippen LogP contribution in [0.3, 0.4) is 0 Å². The topological polar surface area (TPSA) is 49.3 Å². The van der Waals surface area contributed by atoms with Crippen molar-refractivity contribution in [1.82, 2.24) is 5.32 Å². The minimum atomic E-state index is -0.818. The second kappa shape index (κ2) is 4.26. The number of hydrogen-bond acceptors (Lipinski definition) is 2. The summed E-state index contributed by atoms with van der Waals surface area (Å²) in [6.45, 7) is 4.22. The maximum Gasteiger partial charge on any atom is 0.335 e. The summed E-state index contributed by atoms with van der Waals surface area (Å²) in [6.07, 6.45) is 1.77. The average Bonchev–Trinajstić information content (AvgIpc) is 2.57. The highest BCUT2D eigenvalue weighted by molar-refractivity contribution is 5.90. The molecule has 16 heavy (non-hydrogen) atoms. The largest absolute Gasteiger partial charge is 0.478 e. The lowest BCUT2D eigenvalue weighted by atomic mass is 10.0. The molecule has 1 aromatic carbocycles. The van der Waals surface area contributed by atoms with Crippen LogP contribution in [0.15, 0.2) is 18.2 Å². The molecular weight excluding hydrogens is 202 g/mol. The van der Waals surface area contributed by atoms with E-state index in [-0.39, 0.29) is 0 Å². The van der Waals surface area contributed by atoms with Crippen LogP contribution >= 0.6 is 0 Å². The summed E-state index contributed by atoms with van der Waals surface area (Å²) in [7, 11) is 0. The molecule has 0 bridgehead atoms. The molecule has 0 aromatic heterocycles. The van der Waals surface area contributed by atoms with E-state index in [2.05, 4.69) is 19.2 Å². The Balaban J connectivity index is 2.23. The average molecular weight is 219 g/mol. The molecule has 2 rings (SSSR count). The zero-order chi connectivity index (χ0) is 11.7. The number of carbonyl (C=O) groups is 1. The van der Waals surface area contributed by atoms with Crippen LogP contribution in [-0.4, -0.2) is 23.2 Å². The fourth-order valence-electron chi connectivity index (χ4n) is 2.44. The summed E-state index contributed by atoms with van der Waals surface area (Å²) in [4.78, 5) is 11.1. The third-order valence-corrected chi connectivity index (χ3v) is 2.99. The SMILES string of the molecule is CC(C)NC1Cc2cccc(C(=O)O)c2C1. The quantitative estimate of drug-likeness (QED) is 0.815. The molecule has 1 unspecified atom stereocenters. The van der Waals surface area contributed by atoms with E-state index in [1.807, 2.05) is 12.1 Å². The van der Waals surface area contributed by atoms with Crippen molar-refractivity contribution in [3.8, 4) is 0 Å². The van der Waals surface area contributed by atoms with Gasteiger partial charge in [0.15, 0.2) is 0 Å². The number of carboxylic acids is 1. The number of fused-ring (bicyclic) bond motifs is 1. The van der Waals surface area contributed by atoms with Gasteiger partial charge in [0.2, 0.25) is 0 Å². The van der Waals surface area contributed by atoms with E-state index in [1.54, 1.807) is 6.07 Å². The zero-order valence-electron chi connectivity index (χ0n) is 9.66. The highest BCUT2D eigenvalue weighted by Crippen LogP contribution is 2.25. The van der Waals surface area contributed by atoms with Crippen LogP contribution < -0.4 is 5.32 Å². The Hall–Kier alpha value is -1.35. The minimum Gasteiger partial charge on any atom is -0.478 e. The number of benzene rings is 1. The standard InChI is InChI=1S/C13H17NO2/c1-8(2)14-10-6-9-4-3-5-11(13(15)16)12(9)7-10/h3-5,8,10,14H,6-7H2,1-2H3,(H,15,16). The fourth-order valence-corrected chi connectivity index (χ4v) is 2.44. The van der Waals surface area contributed by atoms with Gasteiger partial charge in [-0.05, 0) is 30.0 Å². The Kier molecular flexibility index (Phi) is 2.97. The van der Waals surface area contributed by atoms with Crippen LogP contribution in [0.25, 0.3) is 0 Å². The predicted molar refractivity (Wildman–Crippen MR) is 62.9 cm³/mol. The van der Waals surface area contributed by atoms with Gasteiger partial charge in [-0.1, -0.05) is 26.0 Å². The van der Waals surface area contributed by atoms with E-state index in [0.29, 0.717) is 17.6 Å². The Morgan fingerprint density at radius 1 is 1.44 bits per heavy atom. The molecule has 1 aliphatic carbocycles. The van der Waals surface area contributed by atoms with Gasteiger partial charge in [-0.15, -0.1) is 0 Å². The first-order valence-corrected chi connectivity index (χ1v) is 5.68. The van der Waals surface area contributed by atoms with Crippen molar-refractivity contribution in [3.05, 3.63) is 34.9 Å². The van der Waals surface area contributed by atoms with E-state index in [1.165, 1.54) is 5.56 Å². The van der Waals surface area contributed by atoms with Gasteiger partial charge in [-0.2, -0.15) is 0 Å². The van der Waals surface area contributed by atoms with Crippen molar-refractivity contribution < 1.29 is 9.90 Å². The lowest BCUT2D eigenvalue weighted by Gasteiger charge is -2.14. The molecule has 3 heteroatoms. The molecule has 0 saturated carbocycles. The number of aromatic carboxylic acids is 1. The van der Waals surface area contributed by atoms with Crippen molar-refractivity contribution in [2.45, 2.75) is 38.8 Å². The van der Waals surface area contributed by atoms with Gasteiger partial charge in [0.05, 0.1) is 5.56 Å². The number of rotatable bonds is 3. The number of carboxylic acid groups (broad SMARTS) is 1. The first kappa shape index (κ1) is 11.1. The molecule has 1 atom stereocenters. The minimum absolute atomic E-state index is 0.385. The summed E-state index contributed by atoms with van der Waals surface area (Å²) in [5.41, 5.74) is 2.65. The molecule has 1 aliphatic rings. The van der Waals surface area contributed by atoms with Crippen LogP contribution in [0, 0.1) is 0 Å². The maximum absolute atomic E-state index is 11.1. The van der Waals surface area contributed by atoms with Crippen LogP contribution in [0.1, 0.15) is 35.3 Å². The smallest absolute Gasteiger partial charge is 0.335 e.